The van der Waals surface area contributed by atoms with E-state index in [9.17, 15) is 18.0 Å². The van der Waals surface area contributed by atoms with E-state index in [1.165, 1.54) is 17.0 Å². The van der Waals surface area contributed by atoms with Gasteiger partial charge in [-0.2, -0.15) is 18.4 Å². The molecule has 5 nitrogen and oxygen atoms in total. The molecule has 0 aliphatic carbocycles. The van der Waals surface area contributed by atoms with E-state index in [0.29, 0.717) is 25.1 Å². The van der Waals surface area contributed by atoms with Gasteiger partial charge in [0.15, 0.2) is 0 Å². The minimum atomic E-state index is -4.56. The lowest BCUT2D eigenvalue weighted by Crippen LogP contribution is -2.34. The Bertz CT molecular complexity index is 653. The van der Waals surface area contributed by atoms with Gasteiger partial charge in [-0.1, -0.05) is 0 Å². The van der Waals surface area contributed by atoms with Gasteiger partial charge in [0.05, 0.1) is 23.3 Å². The number of nitriles is 1. The molecular formula is C16H18F3N3O2. The van der Waals surface area contributed by atoms with Crippen LogP contribution in [0.15, 0.2) is 18.2 Å². The Balaban J connectivity index is 1.96. The first-order valence-electron chi connectivity index (χ1n) is 7.44. The topological polar surface area (TPSA) is 65.4 Å². The van der Waals surface area contributed by atoms with Crippen molar-refractivity contribution in [3.63, 3.8) is 0 Å². The van der Waals surface area contributed by atoms with Gasteiger partial charge in [-0.05, 0) is 31.0 Å². The average Bonchev–Trinajstić information content (AvgIpc) is 2.99. The predicted octanol–water partition coefficient (Wildman–Crippen LogP) is 2.62. The van der Waals surface area contributed by atoms with Crippen LogP contribution in [0, 0.1) is 11.3 Å². The number of hydrogen-bond acceptors (Lipinski definition) is 4. The highest BCUT2D eigenvalue weighted by Crippen LogP contribution is 2.33. The highest BCUT2D eigenvalue weighted by atomic mass is 19.4. The summed E-state index contributed by atoms with van der Waals surface area (Å²) in [4.78, 5) is 13.3. The maximum atomic E-state index is 12.8. The number of halogens is 3. The van der Waals surface area contributed by atoms with E-state index in [2.05, 4.69) is 5.32 Å². The van der Waals surface area contributed by atoms with Gasteiger partial charge in [0.2, 0.25) is 0 Å². The van der Waals surface area contributed by atoms with Crippen molar-refractivity contribution in [2.75, 3.05) is 26.0 Å². The van der Waals surface area contributed by atoms with Gasteiger partial charge in [-0.3, -0.25) is 4.79 Å². The van der Waals surface area contributed by atoms with E-state index >= 15 is 0 Å². The van der Waals surface area contributed by atoms with Crippen molar-refractivity contribution in [3.05, 3.63) is 29.3 Å². The summed E-state index contributed by atoms with van der Waals surface area (Å²) in [5, 5.41) is 11.8. The van der Waals surface area contributed by atoms with E-state index in [4.69, 9.17) is 10.00 Å². The minimum Gasteiger partial charge on any atom is -0.382 e. The largest absolute Gasteiger partial charge is 0.417 e. The maximum absolute atomic E-state index is 12.8. The SMILES string of the molecule is CN(C)C(=O)[C@H]1CC[C@H](CNc2ccc(C(F)(F)F)c(C#N)c2)O1. The Morgan fingerprint density at radius 1 is 1.42 bits per heavy atom. The van der Waals surface area contributed by atoms with Crippen LogP contribution in [0.1, 0.15) is 24.0 Å². The van der Waals surface area contributed by atoms with Crippen LogP contribution in [-0.2, 0) is 15.7 Å². The van der Waals surface area contributed by atoms with Crippen molar-refractivity contribution in [1.82, 2.24) is 4.90 Å². The number of nitrogens with one attached hydrogen (secondary N) is 1. The number of rotatable bonds is 4. The summed E-state index contributed by atoms with van der Waals surface area (Å²) in [5.74, 6) is -0.0983. The van der Waals surface area contributed by atoms with Crippen molar-refractivity contribution in [3.8, 4) is 6.07 Å². The normalized spacial score (nSPS) is 20.5. The smallest absolute Gasteiger partial charge is 0.382 e. The van der Waals surface area contributed by atoms with Crippen LogP contribution >= 0.6 is 0 Å². The molecule has 1 fully saturated rings. The third-order valence-electron chi connectivity index (χ3n) is 3.80. The van der Waals surface area contributed by atoms with Crippen LogP contribution in [0.2, 0.25) is 0 Å². The van der Waals surface area contributed by atoms with E-state index in [1.54, 1.807) is 20.2 Å². The van der Waals surface area contributed by atoms with Crippen molar-refractivity contribution in [1.29, 1.82) is 5.26 Å². The molecule has 2 rings (SSSR count). The van der Waals surface area contributed by atoms with E-state index in [1.807, 2.05) is 0 Å². The molecule has 0 radical (unpaired) electrons. The minimum absolute atomic E-state index is 0.0983. The molecule has 1 aliphatic rings. The number of alkyl halides is 3. The molecule has 8 heteroatoms. The Morgan fingerprint density at radius 2 is 2.12 bits per heavy atom. The quantitative estimate of drug-likeness (QED) is 0.914. The maximum Gasteiger partial charge on any atom is 0.417 e. The fraction of sp³-hybridized carbons (Fsp3) is 0.500. The van der Waals surface area contributed by atoms with Crippen LogP contribution < -0.4 is 5.32 Å². The number of ether oxygens (including phenoxy) is 1. The molecule has 1 N–H and O–H groups in total. The third kappa shape index (κ3) is 4.17. The summed E-state index contributed by atoms with van der Waals surface area (Å²) < 4.78 is 43.9. The van der Waals surface area contributed by atoms with E-state index in [0.717, 1.165) is 6.07 Å². The van der Waals surface area contributed by atoms with Crippen LogP contribution in [0.5, 0.6) is 0 Å². The van der Waals surface area contributed by atoms with E-state index in [-0.39, 0.29) is 12.0 Å². The second kappa shape index (κ2) is 7.09. The molecular weight excluding hydrogens is 323 g/mol. The van der Waals surface area contributed by atoms with Crippen LogP contribution in [-0.4, -0.2) is 43.7 Å². The van der Waals surface area contributed by atoms with Crippen molar-refractivity contribution in [2.24, 2.45) is 0 Å². The summed E-state index contributed by atoms with van der Waals surface area (Å²) >= 11 is 0. The van der Waals surface area contributed by atoms with Gasteiger partial charge in [-0.15, -0.1) is 0 Å². The van der Waals surface area contributed by atoms with Gasteiger partial charge in [-0.25, -0.2) is 0 Å². The molecule has 0 unspecified atom stereocenters. The standard InChI is InChI=1S/C16H18F3N3O2/c1-22(2)15(23)14-6-4-12(24-14)9-21-11-3-5-13(16(17,18)19)10(7-11)8-20/h3,5,7,12,14,21H,4,6,9H2,1-2H3/t12-,14-/m1/s1. The molecule has 1 heterocycles. The van der Waals surface area contributed by atoms with Crippen molar-refractivity contribution < 1.29 is 22.7 Å². The lowest BCUT2D eigenvalue weighted by atomic mass is 10.1. The molecule has 1 aliphatic heterocycles. The number of amides is 1. The Labute approximate surface area is 138 Å². The van der Waals surface area contributed by atoms with Crippen molar-refractivity contribution >= 4 is 11.6 Å². The zero-order valence-corrected chi connectivity index (χ0v) is 13.4. The average molecular weight is 341 g/mol. The lowest BCUT2D eigenvalue weighted by Gasteiger charge is -2.18. The molecule has 0 spiro atoms. The fourth-order valence-electron chi connectivity index (χ4n) is 2.55. The molecule has 2 atom stereocenters. The zero-order chi connectivity index (χ0) is 17.9. The molecule has 24 heavy (non-hydrogen) atoms. The summed E-state index contributed by atoms with van der Waals surface area (Å²) in [6.07, 6.45) is -3.94. The molecule has 1 aromatic carbocycles. The summed E-state index contributed by atoms with van der Waals surface area (Å²) in [6.45, 7) is 0.355. The Morgan fingerprint density at radius 3 is 2.71 bits per heavy atom. The number of hydrogen-bond donors (Lipinski definition) is 1. The molecule has 0 bridgehead atoms. The molecule has 1 amide bonds. The van der Waals surface area contributed by atoms with Gasteiger partial charge in [0.25, 0.3) is 5.91 Å². The van der Waals surface area contributed by atoms with Gasteiger partial charge in [0.1, 0.15) is 6.10 Å². The Hall–Kier alpha value is -2.27. The molecule has 1 aromatic rings. The van der Waals surface area contributed by atoms with Crippen molar-refractivity contribution in [2.45, 2.75) is 31.2 Å². The number of carbonyl (C=O) groups is 1. The van der Waals surface area contributed by atoms with E-state index < -0.39 is 23.4 Å². The third-order valence-corrected chi connectivity index (χ3v) is 3.80. The van der Waals surface area contributed by atoms with Gasteiger partial charge < -0.3 is 15.0 Å². The molecule has 130 valence electrons. The highest BCUT2D eigenvalue weighted by Gasteiger charge is 2.34. The molecule has 1 saturated heterocycles. The highest BCUT2D eigenvalue weighted by molar-refractivity contribution is 5.80. The Kier molecular flexibility index (Phi) is 5.34. The van der Waals surface area contributed by atoms with Crippen LogP contribution in [0.4, 0.5) is 18.9 Å². The monoisotopic (exact) mass is 341 g/mol. The first-order chi connectivity index (χ1) is 11.2. The number of nitrogens with zero attached hydrogens (tertiary/aromatic N) is 2. The van der Waals surface area contributed by atoms with Crippen LogP contribution in [0.3, 0.4) is 0 Å². The second-order valence-electron chi connectivity index (χ2n) is 5.81. The number of carbonyl (C=O) groups excluding carboxylic acids is 1. The summed E-state index contributed by atoms with van der Waals surface area (Å²) in [6, 6.07) is 4.89. The molecule has 0 saturated carbocycles. The summed E-state index contributed by atoms with van der Waals surface area (Å²) in [5.41, 5.74) is -0.977. The first kappa shape index (κ1) is 18.1. The number of benzene rings is 1. The number of anilines is 1. The predicted molar refractivity (Wildman–Crippen MR) is 81.2 cm³/mol. The lowest BCUT2D eigenvalue weighted by molar-refractivity contribution is -0.140. The van der Waals surface area contributed by atoms with Crippen LogP contribution in [0.25, 0.3) is 0 Å². The second-order valence-corrected chi connectivity index (χ2v) is 5.81. The summed E-state index contributed by atoms with van der Waals surface area (Å²) in [7, 11) is 3.31. The fourth-order valence-corrected chi connectivity index (χ4v) is 2.55. The van der Waals surface area contributed by atoms with Gasteiger partial charge >= 0.3 is 6.18 Å². The van der Waals surface area contributed by atoms with Gasteiger partial charge in [0, 0.05) is 26.3 Å². The molecule has 0 aromatic heterocycles. The first-order valence-corrected chi connectivity index (χ1v) is 7.44. The number of likely N-dealkylation sites (N-methyl/N-ethyl adjacent to an activating group) is 1. The zero-order valence-electron chi connectivity index (χ0n) is 13.4.